The van der Waals surface area contributed by atoms with Gasteiger partial charge in [-0.25, -0.2) is 9.37 Å². The first-order valence-corrected chi connectivity index (χ1v) is 15.3. The van der Waals surface area contributed by atoms with Crippen LogP contribution in [-0.4, -0.2) is 62.8 Å². The smallest absolute Gasteiger partial charge is 0.251 e. The van der Waals surface area contributed by atoms with Crippen LogP contribution < -0.4 is 24.3 Å². The molecular formula is C36H36FN3O7. The molecule has 4 aromatic rings. The van der Waals surface area contributed by atoms with E-state index in [1.165, 1.54) is 19.2 Å². The van der Waals surface area contributed by atoms with Gasteiger partial charge in [0.25, 0.3) is 5.91 Å². The van der Waals surface area contributed by atoms with E-state index in [1.807, 2.05) is 30.5 Å². The highest BCUT2D eigenvalue weighted by Crippen LogP contribution is 2.49. The minimum absolute atomic E-state index is 0.100. The fourth-order valence-corrected chi connectivity index (χ4v) is 5.66. The molecule has 0 radical (unpaired) electrons. The van der Waals surface area contributed by atoms with Crippen molar-refractivity contribution in [1.82, 2.24) is 10.3 Å². The van der Waals surface area contributed by atoms with Gasteiger partial charge in [-0.05, 0) is 79.1 Å². The predicted octanol–water partition coefficient (Wildman–Crippen LogP) is 5.42. The van der Waals surface area contributed by atoms with Gasteiger partial charge < -0.3 is 34.1 Å². The molecule has 1 aromatic heterocycles. The molecule has 11 heteroatoms. The average molecular weight is 642 g/mol. The summed E-state index contributed by atoms with van der Waals surface area (Å²) in [7, 11) is 3.12. The molecule has 6 rings (SSSR count). The van der Waals surface area contributed by atoms with E-state index in [1.54, 1.807) is 43.5 Å². The topological polar surface area (TPSA) is 121 Å². The van der Waals surface area contributed by atoms with Crippen LogP contribution in [0.15, 0.2) is 77.8 Å². The number of carbonyl (C=O) groups is 1. The van der Waals surface area contributed by atoms with E-state index in [2.05, 4.69) is 5.32 Å². The SMILES string of the molecule is COc1ccc(COCCOc2ccc(C(=O)NCC(O)c3cc4c(c(-c5ccc(F)cc5)n3)OCC43CCC=N3)cc2OC)cc1. The largest absolute Gasteiger partial charge is 0.497 e. The number of carbonyl (C=O) groups excluding carboxylic acids is 1. The zero-order valence-corrected chi connectivity index (χ0v) is 26.2. The van der Waals surface area contributed by atoms with Gasteiger partial charge in [0.2, 0.25) is 0 Å². The fourth-order valence-electron chi connectivity index (χ4n) is 5.66. The number of aliphatic hydroxyl groups is 1. The lowest BCUT2D eigenvalue weighted by atomic mass is 9.88. The first kappa shape index (κ1) is 32.0. The van der Waals surface area contributed by atoms with E-state index in [-0.39, 0.29) is 19.0 Å². The van der Waals surface area contributed by atoms with Crippen molar-refractivity contribution < 1.29 is 38.0 Å². The van der Waals surface area contributed by atoms with Crippen LogP contribution in [0.2, 0.25) is 0 Å². The van der Waals surface area contributed by atoms with Gasteiger partial charge in [-0.15, -0.1) is 0 Å². The van der Waals surface area contributed by atoms with Crippen LogP contribution in [0.25, 0.3) is 11.3 Å². The number of aliphatic imine (C=N–C) groups is 1. The normalized spacial score (nSPS) is 16.9. The number of rotatable bonds is 13. The summed E-state index contributed by atoms with van der Waals surface area (Å²) < 4.78 is 41.9. The minimum Gasteiger partial charge on any atom is -0.497 e. The molecule has 0 bridgehead atoms. The molecule has 0 aliphatic carbocycles. The predicted molar refractivity (Wildman–Crippen MR) is 173 cm³/mol. The van der Waals surface area contributed by atoms with Gasteiger partial charge in [-0.1, -0.05) is 12.1 Å². The minimum atomic E-state index is -1.13. The number of methoxy groups -OCH3 is 2. The van der Waals surface area contributed by atoms with Crippen LogP contribution >= 0.6 is 0 Å². The highest BCUT2D eigenvalue weighted by Gasteiger charge is 2.44. The van der Waals surface area contributed by atoms with Gasteiger partial charge in [-0.3, -0.25) is 9.79 Å². The highest BCUT2D eigenvalue weighted by atomic mass is 19.1. The van der Waals surface area contributed by atoms with Crippen LogP contribution in [0.1, 0.15) is 46.1 Å². The van der Waals surface area contributed by atoms with Crippen molar-refractivity contribution in [2.24, 2.45) is 4.99 Å². The second-order valence-electron chi connectivity index (χ2n) is 11.3. The number of hydrogen-bond acceptors (Lipinski definition) is 9. The molecular weight excluding hydrogens is 605 g/mol. The van der Waals surface area contributed by atoms with Crippen molar-refractivity contribution >= 4 is 12.1 Å². The average Bonchev–Trinajstić information content (AvgIpc) is 3.74. The molecule has 0 fully saturated rings. The number of amides is 1. The Balaban J connectivity index is 1.08. The third-order valence-electron chi connectivity index (χ3n) is 8.23. The molecule has 2 N–H and O–H groups in total. The lowest BCUT2D eigenvalue weighted by Crippen LogP contribution is -2.29. The maximum Gasteiger partial charge on any atom is 0.251 e. The van der Waals surface area contributed by atoms with Crippen molar-refractivity contribution in [2.45, 2.75) is 31.1 Å². The summed E-state index contributed by atoms with van der Waals surface area (Å²) in [6.45, 7) is 1.34. The van der Waals surface area contributed by atoms with Gasteiger partial charge >= 0.3 is 0 Å². The number of benzene rings is 3. The van der Waals surface area contributed by atoms with Gasteiger partial charge in [0, 0.05) is 29.4 Å². The summed E-state index contributed by atoms with van der Waals surface area (Å²) in [5.41, 5.74) is 3.13. The van der Waals surface area contributed by atoms with E-state index < -0.39 is 17.6 Å². The summed E-state index contributed by atoms with van der Waals surface area (Å²) in [6, 6.07) is 20.2. The Kier molecular flexibility index (Phi) is 9.65. The van der Waals surface area contributed by atoms with Gasteiger partial charge in [-0.2, -0.15) is 0 Å². The number of halogens is 1. The molecule has 3 aromatic carbocycles. The van der Waals surface area contributed by atoms with Crippen LogP contribution in [0.5, 0.6) is 23.0 Å². The van der Waals surface area contributed by atoms with Crippen molar-refractivity contribution in [3.63, 3.8) is 0 Å². The Bertz CT molecular complexity index is 1750. The molecule has 2 aliphatic heterocycles. The van der Waals surface area contributed by atoms with E-state index in [4.69, 9.17) is 33.7 Å². The molecule has 2 atom stereocenters. The van der Waals surface area contributed by atoms with Crippen molar-refractivity contribution in [1.29, 1.82) is 0 Å². The molecule has 3 heterocycles. The number of hydrogen-bond donors (Lipinski definition) is 2. The molecule has 2 aliphatic rings. The van der Waals surface area contributed by atoms with Crippen molar-refractivity contribution in [3.8, 4) is 34.3 Å². The van der Waals surface area contributed by atoms with Crippen molar-refractivity contribution in [2.75, 3.05) is 40.6 Å². The summed E-state index contributed by atoms with van der Waals surface area (Å²) in [5.74, 6) is 1.45. The summed E-state index contributed by atoms with van der Waals surface area (Å²) >= 11 is 0. The maximum absolute atomic E-state index is 13.7. The Labute approximate surface area is 272 Å². The van der Waals surface area contributed by atoms with Gasteiger partial charge in [0.05, 0.1) is 33.1 Å². The lowest BCUT2D eigenvalue weighted by molar-refractivity contribution is 0.0877. The molecule has 10 nitrogen and oxygen atoms in total. The Morgan fingerprint density at radius 2 is 1.83 bits per heavy atom. The summed E-state index contributed by atoms with van der Waals surface area (Å²) in [6.07, 6.45) is 2.34. The van der Waals surface area contributed by atoms with E-state index in [9.17, 15) is 14.3 Å². The van der Waals surface area contributed by atoms with E-state index >= 15 is 0 Å². The summed E-state index contributed by atoms with van der Waals surface area (Å²) in [5, 5.41) is 14.0. The standard InChI is InChI=1S/C36H36FN3O7/c1-43-27-11-4-23(5-12-27)21-45-16-17-46-31-13-8-25(18-32(31)44-2)35(42)38-20-30(41)29-19-28-34(47-22-36(28)14-3-15-39-36)33(40-29)24-6-9-26(37)10-7-24/h4-13,15,18-19,30,41H,3,14,16-17,20-22H2,1-2H3,(H,38,42). The van der Waals surface area contributed by atoms with Crippen LogP contribution in [-0.2, 0) is 16.9 Å². The summed E-state index contributed by atoms with van der Waals surface area (Å²) in [4.78, 5) is 22.5. The van der Waals surface area contributed by atoms with Gasteiger partial charge in [0.1, 0.15) is 42.1 Å². The molecule has 47 heavy (non-hydrogen) atoms. The molecule has 0 saturated heterocycles. The zero-order chi connectivity index (χ0) is 32.8. The van der Waals surface area contributed by atoms with Crippen LogP contribution in [0, 0.1) is 5.82 Å². The molecule has 2 unspecified atom stereocenters. The molecule has 1 spiro atoms. The van der Waals surface area contributed by atoms with Crippen LogP contribution in [0.3, 0.4) is 0 Å². The third kappa shape index (κ3) is 7.06. The maximum atomic E-state index is 13.7. The van der Waals surface area contributed by atoms with E-state index in [0.29, 0.717) is 59.6 Å². The quantitative estimate of drug-likeness (QED) is 0.186. The Morgan fingerprint density at radius 1 is 1.02 bits per heavy atom. The first-order valence-electron chi connectivity index (χ1n) is 15.3. The zero-order valence-electron chi connectivity index (χ0n) is 26.2. The Morgan fingerprint density at radius 3 is 2.55 bits per heavy atom. The molecule has 0 saturated carbocycles. The number of aromatic nitrogens is 1. The molecule has 244 valence electrons. The fraction of sp³-hybridized carbons (Fsp3) is 0.306. The second-order valence-corrected chi connectivity index (χ2v) is 11.3. The lowest BCUT2D eigenvalue weighted by Gasteiger charge is -2.20. The first-order chi connectivity index (χ1) is 22.9. The number of nitrogens with one attached hydrogen (secondary N) is 1. The third-order valence-corrected chi connectivity index (χ3v) is 8.23. The number of pyridine rings is 1. The van der Waals surface area contributed by atoms with Crippen LogP contribution in [0.4, 0.5) is 4.39 Å². The Hall–Kier alpha value is -5.00. The van der Waals surface area contributed by atoms with Crippen molar-refractivity contribution in [3.05, 3.63) is 101 Å². The highest BCUT2D eigenvalue weighted by molar-refractivity contribution is 5.95. The number of ether oxygens (including phenoxy) is 5. The van der Waals surface area contributed by atoms with Gasteiger partial charge in [0.15, 0.2) is 17.2 Å². The second kappa shape index (κ2) is 14.2. The number of fused-ring (bicyclic) bond motifs is 2. The van der Waals surface area contributed by atoms with E-state index in [0.717, 1.165) is 29.7 Å². The molecule has 1 amide bonds. The number of aliphatic hydroxyl groups excluding tert-OH is 1. The monoisotopic (exact) mass is 641 g/mol. The number of nitrogens with zero attached hydrogens (tertiary/aromatic N) is 2.